The minimum absolute atomic E-state index is 0.566. The Morgan fingerprint density at radius 1 is 1.12 bits per heavy atom. The van der Waals surface area contributed by atoms with Crippen LogP contribution in [-0.4, -0.2) is 4.98 Å². The summed E-state index contributed by atoms with van der Waals surface area (Å²) in [5.41, 5.74) is 11.6. The van der Waals surface area contributed by atoms with Crippen molar-refractivity contribution >= 4 is 0 Å². The normalized spacial score (nSPS) is 10.4. The number of nitrogens with two attached hydrogens (primary N) is 1. The summed E-state index contributed by atoms with van der Waals surface area (Å²) in [6.45, 7) is 4.66. The van der Waals surface area contributed by atoms with Gasteiger partial charge in [-0.1, -0.05) is 23.8 Å². The van der Waals surface area contributed by atoms with Crippen LogP contribution in [0.5, 0.6) is 0 Å². The SMILES string of the molecule is Cc1ccc(CN)c(-c2ccnc(C)c2)c1. The molecule has 0 unspecified atom stereocenters. The fourth-order valence-electron chi connectivity index (χ4n) is 1.85. The molecule has 0 aliphatic carbocycles. The molecule has 0 saturated heterocycles. The monoisotopic (exact) mass is 212 g/mol. The third-order valence-electron chi connectivity index (χ3n) is 2.69. The topological polar surface area (TPSA) is 38.9 Å². The summed E-state index contributed by atoms with van der Waals surface area (Å²) in [5, 5.41) is 0. The Morgan fingerprint density at radius 3 is 2.62 bits per heavy atom. The lowest BCUT2D eigenvalue weighted by Gasteiger charge is -2.09. The largest absolute Gasteiger partial charge is 0.326 e. The van der Waals surface area contributed by atoms with E-state index in [9.17, 15) is 0 Å². The third kappa shape index (κ3) is 2.12. The molecule has 1 heterocycles. The average molecular weight is 212 g/mol. The number of nitrogens with zero attached hydrogens (tertiary/aromatic N) is 1. The van der Waals surface area contributed by atoms with Crippen molar-refractivity contribution in [2.24, 2.45) is 5.73 Å². The molecule has 2 rings (SSSR count). The van der Waals surface area contributed by atoms with Gasteiger partial charge in [0.25, 0.3) is 0 Å². The predicted octanol–water partition coefficient (Wildman–Crippen LogP) is 2.82. The number of hydrogen-bond acceptors (Lipinski definition) is 2. The maximum Gasteiger partial charge on any atom is 0.0378 e. The molecular formula is C14H16N2. The minimum Gasteiger partial charge on any atom is -0.326 e. The summed E-state index contributed by atoms with van der Waals surface area (Å²) in [6, 6.07) is 10.5. The average Bonchev–Trinajstić information content (AvgIpc) is 2.29. The van der Waals surface area contributed by atoms with E-state index in [0.717, 1.165) is 5.69 Å². The molecule has 0 bridgehead atoms. The lowest BCUT2D eigenvalue weighted by atomic mass is 9.98. The highest BCUT2D eigenvalue weighted by Crippen LogP contribution is 2.24. The van der Waals surface area contributed by atoms with Crippen LogP contribution in [0, 0.1) is 13.8 Å². The lowest BCUT2D eigenvalue weighted by Crippen LogP contribution is -1.99. The Kier molecular flexibility index (Phi) is 3.02. The molecule has 0 radical (unpaired) electrons. The molecule has 0 saturated carbocycles. The lowest BCUT2D eigenvalue weighted by molar-refractivity contribution is 1.07. The molecule has 1 aromatic carbocycles. The third-order valence-corrected chi connectivity index (χ3v) is 2.69. The molecule has 2 aromatic rings. The zero-order chi connectivity index (χ0) is 11.5. The Bertz CT molecular complexity index is 504. The van der Waals surface area contributed by atoms with E-state index in [-0.39, 0.29) is 0 Å². The second kappa shape index (κ2) is 4.45. The first kappa shape index (κ1) is 10.8. The molecule has 2 heteroatoms. The van der Waals surface area contributed by atoms with E-state index >= 15 is 0 Å². The molecule has 16 heavy (non-hydrogen) atoms. The van der Waals surface area contributed by atoms with E-state index in [1.165, 1.54) is 22.3 Å². The van der Waals surface area contributed by atoms with Crippen LogP contribution in [0.25, 0.3) is 11.1 Å². The summed E-state index contributed by atoms with van der Waals surface area (Å²) in [4.78, 5) is 4.21. The van der Waals surface area contributed by atoms with Gasteiger partial charge in [0, 0.05) is 18.4 Å². The van der Waals surface area contributed by atoms with Crippen LogP contribution < -0.4 is 5.73 Å². The fourth-order valence-corrected chi connectivity index (χ4v) is 1.85. The zero-order valence-corrected chi connectivity index (χ0v) is 9.70. The van der Waals surface area contributed by atoms with Crippen LogP contribution in [0.4, 0.5) is 0 Å². The van der Waals surface area contributed by atoms with Crippen molar-refractivity contribution in [3.05, 3.63) is 53.3 Å². The van der Waals surface area contributed by atoms with Crippen molar-refractivity contribution < 1.29 is 0 Å². The number of benzene rings is 1. The van der Waals surface area contributed by atoms with E-state index in [0.29, 0.717) is 6.54 Å². The van der Waals surface area contributed by atoms with Gasteiger partial charge in [-0.2, -0.15) is 0 Å². The standard InChI is InChI=1S/C14H16N2/c1-10-3-4-13(9-15)14(7-10)12-5-6-16-11(2)8-12/h3-8H,9,15H2,1-2H3. The van der Waals surface area contributed by atoms with Crippen molar-refractivity contribution in [3.8, 4) is 11.1 Å². The molecule has 2 N–H and O–H groups in total. The number of hydrogen-bond donors (Lipinski definition) is 1. The highest BCUT2D eigenvalue weighted by atomic mass is 14.6. The maximum atomic E-state index is 5.76. The second-order valence-corrected chi connectivity index (χ2v) is 4.05. The smallest absolute Gasteiger partial charge is 0.0378 e. The Balaban J connectivity index is 2.58. The van der Waals surface area contributed by atoms with Crippen LogP contribution in [0.15, 0.2) is 36.5 Å². The van der Waals surface area contributed by atoms with Gasteiger partial charge in [0.05, 0.1) is 0 Å². The van der Waals surface area contributed by atoms with Gasteiger partial charge in [0.2, 0.25) is 0 Å². The highest BCUT2D eigenvalue weighted by molar-refractivity contribution is 5.68. The summed E-state index contributed by atoms with van der Waals surface area (Å²) in [5.74, 6) is 0. The van der Waals surface area contributed by atoms with Gasteiger partial charge in [0.15, 0.2) is 0 Å². The second-order valence-electron chi connectivity index (χ2n) is 4.05. The van der Waals surface area contributed by atoms with Crippen molar-refractivity contribution in [3.63, 3.8) is 0 Å². The maximum absolute atomic E-state index is 5.76. The van der Waals surface area contributed by atoms with E-state index < -0.39 is 0 Å². The summed E-state index contributed by atoms with van der Waals surface area (Å²) in [6.07, 6.45) is 1.84. The first-order valence-corrected chi connectivity index (χ1v) is 5.43. The molecule has 0 aliphatic rings. The Hall–Kier alpha value is -1.67. The van der Waals surface area contributed by atoms with Crippen molar-refractivity contribution in [1.29, 1.82) is 0 Å². The van der Waals surface area contributed by atoms with Crippen LogP contribution in [0.3, 0.4) is 0 Å². The van der Waals surface area contributed by atoms with Crippen molar-refractivity contribution in [2.45, 2.75) is 20.4 Å². The predicted molar refractivity (Wildman–Crippen MR) is 67.0 cm³/mol. The summed E-state index contributed by atoms with van der Waals surface area (Å²) in [7, 11) is 0. The van der Waals surface area contributed by atoms with Crippen molar-refractivity contribution in [1.82, 2.24) is 4.98 Å². The first-order valence-electron chi connectivity index (χ1n) is 5.43. The molecule has 82 valence electrons. The zero-order valence-electron chi connectivity index (χ0n) is 9.70. The van der Waals surface area contributed by atoms with Gasteiger partial charge in [-0.15, -0.1) is 0 Å². The van der Waals surface area contributed by atoms with Crippen LogP contribution >= 0.6 is 0 Å². The fraction of sp³-hybridized carbons (Fsp3) is 0.214. The van der Waals surface area contributed by atoms with Crippen LogP contribution in [0.2, 0.25) is 0 Å². The first-order chi connectivity index (χ1) is 7.70. The molecule has 0 atom stereocenters. The van der Waals surface area contributed by atoms with Gasteiger partial charge in [-0.25, -0.2) is 0 Å². The van der Waals surface area contributed by atoms with Crippen LogP contribution in [-0.2, 0) is 6.54 Å². The number of aromatic nitrogens is 1. The summed E-state index contributed by atoms with van der Waals surface area (Å²) >= 11 is 0. The number of aryl methyl sites for hydroxylation is 2. The number of rotatable bonds is 2. The van der Waals surface area contributed by atoms with E-state index in [4.69, 9.17) is 5.73 Å². The van der Waals surface area contributed by atoms with Crippen LogP contribution in [0.1, 0.15) is 16.8 Å². The molecule has 0 aliphatic heterocycles. The Morgan fingerprint density at radius 2 is 1.94 bits per heavy atom. The van der Waals surface area contributed by atoms with Gasteiger partial charge >= 0.3 is 0 Å². The quantitative estimate of drug-likeness (QED) is 0.831. The molecule has 1 aromatic heterocycles. The van der Waals surface area contributed by atoms with Gasteiger partial charge in [0.1, 0.15) is 0 Å². The highest BCUT2D eigenvalue weighted by Gasteiger charge is 2.04. The number of pyridine rings is 1. The van der Waals surface area contributed by atoms with E-state index in [1.54, 1.807) is 0 Å². The minimum atomic E-state index is 0.566. The molecule has 2 nitrogen and oxygen atoms in total. The Labute approximate surface area is 96.1 Å². The van der Waals surface area contributed by atoms with E-state index in [2.05, 4.69) is 36.2 Å². The molecule has 0 fully saturated rings. The van der Waals surface area contributed by atoms with Crippen molar-refractivity contribution in [2.75, 3.05) is 0 Å². The molecule has 0 spiro atoms. The van der Waals surface area contributed by atoms with Gasteiger partial charge < -0.3 is 5.73 Å². The van der Waals surface area contributed by atoms with Gasteiger partial charge in [-0.3, -0.25) is 4.98 Å². The molecule has 0 amide bonds. The molecular weight excluding hydrogens is 196 g/mol. The van der Waals surface area contributed by atoms with E-state index in [1.807, 2.05) is 19.2 Å². The summed E-state index contributed by atoms with van der Waals surface area (Å²) < 4.78 is 0. The van der Waals surface area contributed by atoms with Gasteiger partial charge in [-0.05, 0) is 42.7 Å².